The van der Waals surface area contributed by atoms with Gasteiger partial charge < -0.3 is 10.0 Å². The molecule has 4 heteroatoms. The molecule has 3 atom stereocenters. The predicted octanol–water partition coefficient (Wildman–Crippen LogP) is 2.91. The van der Waals surface area contributed by atoms with Gasteiger partial charge in [-0.3, -0.25) is 9.59 Å². The summed E-state index contributed by atoms with van der Waals surface area (Å²) in [6.45, 7) is 6.29. The Hall–Kier alpha value is -1.06. The van der Waals surface area contributed by atoms with Crippen molar-refractivity contribution in [1.82, 2.24) is 4.90 Å². The molecule has 0 spiro atoms. The van der Waals surface area contributed by atoms with Crippen LogP contribution in [-0.4, -0.2) is 34.5 Å². The number of carboxylic acid groups (broad SMARTS) is 1. The molecule has 0 aromatic rings. The Morgan fingerprint density at radius 1 is 1.25 bits per heavy atom. The van der Waals surface area contributed by atoms with Gasteiger partial charge in [-0.1, -0.05) is 26.7 Å². The van der Waals surface area contributed by atoms with Gasteiger partial charge in [-0.2, -0.15) is 0 Å². The first-order valence-corrected chi connectivity index (χ1v) is 7.89. The Labute approximate surface area is 121 Å². The third kappa shape index (κ3) is 2.70. The van der Waals surface area contributed by atoms with Gasteiger partial charge in [-0.15, -0.1) is 0 Å². The maximum Gasteiger partial charge on any atom is 0.310 e. The van der Waals surface area contributed by atoms with Crippen molar-refractivity contribution in [3.63, 3.8) is 0 Å². The molecule has 2 rings (SSSR count). The van der Waals surface area contributed by atoms with Crippen LogP contribution in [0.1, 0.15) is 59.3 Å². The summed E-state index contributed by atoms with van der Waals surface area (Å²) in [6.07, 6.45) is 6.04. The highest BCUT2D eigenvalue weighted by molar-refractivity contribution is 5.85. The van der Waals surface area contributed by atoms with E-state index in [1.54, 1.807) is 6.92 Å². The predicted molar refractivity (Wildman–Crippen MR) is 77.3 cm³/mol. The van der Waals surface area contributed by atoms with Crippen molar-refractivity contribution in [2.24, 2.45) is 17.3 Å². The lowest BCUT2D eigenvalue weighted by Gasteiger charge is -2.35. The van der Waals surface area contributed by atoms with Crippen LogP contribution in [-0.2, 0) is 9.59 Å². The summed E-state index contributed by atoms with van der Waals surface area (Å²) in [5.41, 5.74) is -0.955. The van der Waals surface area contributed by atoms with Crippen LogP contribution in [0.4, 0.5) is 0 Å². The zero-order valence-corrected chi connectivity index (χ0v) is 12.9. The Kier molecular flexibility index (Phi) is 4.40. The van der Waals surface area contributed by atoms with Gasteiger partial charge in [-0.05, 0) is 38.0 Å². The second-order valence-corrected chi connectivity index (χ2v) is 7.04. The van der Waals surface area contributed by atoms with E-state index in [1.165, 1.54) is 19.3 Å². The number of carbonyl (C=O) groups is 2. The topological polar surface area (TPSA) is 57.6 Å². The molecule has 1 saturated heterocycles. The average molecular weight is 281 g/mol. The van der Waals surface area contributed by atoms with Crippen LogP contribution < -0.4 is 0 Å². The minimum absolute atomic E-state index is 0.0398. The molecule has 1 amide bonds. The fourth-order valence-corrected chi connectivity index (χ4v) is 3.66. The van der Waals surface area contributed by atoms with Crippen LogP contribution in [0.2, 0.25) is 0 Å². The largest absolute Gasteiger partial charge is 0.481 e. The Morgan fingerprint density at radius 2 is 1.90 bits per heavy atom. The third-order valence-corrected chi connectivity index (χ3v) is 5.61. The van der Waals surface area contributed by atoms with Gasteiger partial charge in [0.1, 0.15) is 0 Å². The van der Waals surface area contributed by atoms with Gasteiger partial charge in [0, 0.05) is 19.0 Å². The van der Waals surface area contributed by atoms with Gasteiger partial charge in [-0.25, -0.2) is 0 Å². The van der Waals surface area contributed by atoms with E-state index >= 15 is 0 Å². The molecule has 1 saturated carbocycles. The lowest BCUT2D eigenvalue weighted by molar-refractivity contribution is -0.156. The summed E-state index contributed by atoms with van der Waals surface area (Å²) in [5, 5.41) is 9.46. The van der Waals surface area contributed by atoms with E-state index in [-0.39, 0.29) is 18.2 Å². The standard InChI is InChI=1S/C16H27NO3/c1-11(2)16(3,15(19)20)10-14(18)17-9-8-12-6-4-5-7-13(12)17/h11-13H,4-10H2,1-3H3,(H,19,20). The molecule has 1 heterocycles. The van der Waals surface area contributed by atoms with E-state index in [0.29, 0.717) is 12.0 Å². The number of nitrogens with zero attached hydrogens (tertiary/aromatic N) is 1. The molecular weight excluding hydrogens is 254 g/mol. The number of amides is 1. The highest BCUT2D eigenvalue weighted by atomic mass is 16.4. The smallest absolute Gasteiger partial charge is 0.310 e. The van der Waals surface area contributed by atoms with Gasteiger partial charge in [0.15, 0.2) is 0 Å². The Balaban J connectivity index is 2.06. The maximum absolute atomic E-state index is 12.6. The highest BCUT2D eigenvalue weighted by Crippen LogP contribution is 2.38. The van der Waals surface area contributed by atoms with Gasteiger partial charge in [0.25, 0.3) is 0 Å². The van der Waals surface area contributed by atoms with Crippen molar-refractivity contribution in [2.75, 3.05) is 6.54 Å². The lowest BCUT2D eigenvalue weighted by Crippen LogP contribution is -2.44. The quantitative estimate of drug-likeness (QED) is 0.862. The SMILES string of the molecule is CC(C)C(C)(CC(=O)N1CCC2CCCCC21)C(=O)O. The summed E-state index contributed by atoms with van der Waals surface area (Å²) >= 11 is 0. The van der Waals surface area contributed by atoms with Crippen molar-refractivity contribution >= 4 is 11.9 Å². The fourth-order valence-electron chi connectivity index (χ4n) is 3.66. The van der Waals surface area contributed by atoms with Crippen LogP contribution in [0.3, 0.4) is 0 Å². The number of rotatable bonds is 4. The number of hydrogen-bond acceptors (Lipinski definition) is 2. The van der Waals surface area contributed by atoms with E-state index in [9.17, 15) is 14.7 Å². The van der Waals surface area contributed by atoms with E-state index in [4.69, 9.17) is 0 Å². The van der Waals surface area contributed by atoms with E-state index in [0.717, 1.165) is 19.4 Å². The molecule has 4 nitrogen and oxygen atoms in total. The molecule has 0 bridgehead atoms. The van der Waals surface area contributed by atoms with Gasteiger partial charge in [0.2, 0.25) is 5.91 Å². The van der Waals surface area contributed by atoms with Crippen molar-refractivity contribution in [3.05, 3.63) is 0 Å². The van der Waals surface area contributed by atoms with E-state index in [2.05, 4.69) is 0 Å². The maximum atomic E-state index is 12.6. The van der Waals surface area contributed by atoms with Gasteiger partial charge in [0.05, 0.1) is 5.41 Å². The van der Waals surface area contributed by atoms with Crippen LogP contribution in [0.5, 0.6) is 0 Å². The number of likely N-dealkylation sites (tertiary alicyclic amines) is 1. The summed E-state index contributed by atoms with van der Waals surface area (Å²) in [4.78, 5) is 26.1. The lowest BCUT2D eigenvalue weighted by atomic mass is 9.76. The molecular formula is C16H27NO3. The molecule has 20 heavy (non-hydrogen) atoms. The van der Waals surface area contributed by atoms with Crippen molar-refractivity contribution in [1.29, 1.82) is 0 Å². The second-order valence-electron chi connectivity index (χ2n) is 7.04. The number of aliphatic carboxylic acids is 1. The zero-order valence-electron chi connectivity index (χ0n) is 12.9. The first-order chi connectivity index (χ1) is 9.36. The van der Waals surface area contributed by atoms with Gasteiger partial charge >= 0.3 is 5.97 Å². The first-order valence-electron chi connectivity index (χ1n) is 7.89. The van der Waals surface area contributed by atoms with E-state index < -0.39 is 11.4 Å². The molecule has 2 aliphatic rings. The summed E-state index contributed by atoms with van der Waals surface area (Å²) < 4.78 is 0. The third-order valence-electron chi connectivity index (χ3n) is 5.61. The minimum Gasteiger partial charge on any atom is -0.481 e. The molecule has 0 aromatic carbocycles. The average Bonchev–Trinajstić information content (AvgIpc) is 2.81. The Morgan fingerprint density at radius 3 is 2.50 bits per heavy atom. The molecule has 1 aliphatic carbocycles. The monoisotopic (exact) mass is 281 g/mol. The summed E-state index contributed by atoms with van der Waals surface area (Å²) in [6, 6.07) is 0.376. The number of carbonyl (C=O) groups excluding carboxylic acids is 1. The molecule has 0 radical (unpaired) electrons. The van der Waals surface area contributed by atoms with E-state index in [1.807, 2.05) is 18.7 Å². The summed E-state index contributed by atoms with van der Waals surface area (Å²) in [7, 11) is 0. The van der Waals surface area contributed by atoms with Crippen molar-refractivity contribution < 1.29 is 14.7 Å². The van der Waals surface area contributed by atoms with Crippen LogP contribution in [0, 0.1) is 17.3 Å². The minimum atomic E-state index is -0.955. The molecule has 1 aliphatic heterocycles. The van der Waals surface area contributed by atoms with Crippen LogP contribution >= 0.6 is 0 Å². The number of fused-ring (bicyclic) bond motifs is 1. The fraction of sp³-hybridized carbons (Fsp3) is 0.875. The summed E-state index contributed by atoms with van der Waals surface area (Å²) in [5.74, 6) is -0.213. The van der Waals surface area contributed by atoms with Crippen molar-refractivity contribution in [2.45, 2.75) is 65.3 Å². The number of carboxylic acids is 1. The first kappa shape index (κ1) is 15.3. The zero-order chi connectivity index (χ0) is 14.9. The molecule has 2 fully saturated rings. The second kappa shape index (κ2) is 5.74. The molecule has 114 valence electrons. The van der Waals surface area contributed by atoms with Crippen molar-refractivity contribution in [3.8, 4) is 0 Å². The molecule has 1 N–H and O–H groups in total. The Bertz CT molecular complexity index is 393. The number of hydrogen-bond donors (Lipinski definition) is 1. The molecule has 0 aromatic heterocycles. The van der Waals surface area contributed by atoms with Crippen LogP contribution in [0.15, 0.2) is 0 Å². The van der Waals surface area contributed by atoms with Crippen LogP contribution in [0.25, 0.3) is 0 Å². The normalized spacial score (nSPS) is 29.1. The molecule has 3 unspecified atom stereocenters. The highest BCUT2D eigenvalue weighted by Gasteiger charge is 2.43.